The number of hydrogen-bond acceptors (Lipinski definition) is 6. The molecule has 10 heteroatoms. The SMILES string of the molecule is Cc1noc(C)c1S(=O)(=O)N1CC(N2C(=O)CNC2=O)C1. The number of imide groups is 1. The molecular formula is C11H14N4O5S. The van der Waals surface area contributed by atoms with E-state index in [0.29, 0.717) is 5.69 Å². The molecule has 2 saturated heterocycles. The van der Waals surface area contributed by atoms with E-state index in [-0.39, 0.29) is 36.2 Å². The van der Waals surface area contributed by atoms with Crippen LogP contribution in [-0.4, -0.2) is 60.4 Å². The van der Waals surface area contributed by atoms with E-state index in [0.717, 1.165) is 4.90 Å². The molecule has 0 unspecified atom stereocenters. The molecule has 3 heterocycles. The molecule has 1 aromatic rings. The highest BCUT2D eigenvalue weighted by atomic mass is 32.2. The van der Waals surface area contributed by atoms with Crippen LogP contribution in [-0.2, 0) is 14.8 Å². The fraction of sp³-hybridized carbons (Fsp3) is 0.545. The van der Waals surface area contributed by atoms with Gasteiger partial charge in [0, 0.05) is 13.1 Å². The van der Waals surface area contributed by atoms with Gasteiger partial charge in [-0.25, -0.2) is 13.2 Å². The Morgan fingerprint density at radius 3 is 2.43 bits per heavy atom. The molecule has 3 amide bonds. The summed E-state index contributed by atoms with van der Waals surface area (Å²) < 4.78 is 31.0. The molecular weight excluding hydrogens is 300 g/mol. The summed E-state index contributed by atoms with van der Waals surface area (Å²) in [6.45, 7) is 3.22. The summed E-state index contributed by atoms with van der Waals surface area (Å²) >= 11 is 0. The quantitative estimate of drug-likeness (QED) is 0.732. The number of nitrogens with one attached hydrogen (secondary N) is 1. The van der Waals surface area contributed by atoms with Crippen LogP contribution in [0.15, 0.2) is 9.42 Å². The monoisotopic (exact) mass is 314 g/mol. The van der Waals surface area contributed by atoms with E-state index in [9.17, 15) is 18.0 Å². The van der Waals surface area contributed by atoms with Crippen LogP contribution in [0.4, 0.5) is 4.79 Å². The Kier molecular flexibility index (Phi) is 3.02. The average molecular weight is 314 g/mol. The van der Waals surface area contributed by atoms with Crippen molar-refractivity contribution in [2.24, 2.45) is 0 Å². The number of amides is 3. The number of urea groups is 1. The van der Waals surface area contributed by atoms with Gasteiger partial charge >= 0.3 is 6.03 Å². The smallest absolute Gasteiger partial charge is 0.324 e. The van der Waals surface area contributed by atoms with Crippen molar-refractivity contribution in [2.45, 2.75) is 24.8 Å². The van der Waals surface area contributed by atoms with Crippen LogP contribution in [0.2, 0.25) is 0 Å². The lowest BCUT2D eigenvalue weighted by atomic mass is 10.1. The normalized spacial score (nSPS) is 20.8. The van der Waals surface area contributed by atoms with Crippen LogP contribution < -0.4 is 5.32 Å². The third-order valence-corrected chi connectivity index (χ3v) is 5.71. The van der Waals surface area contributed by atoms with Gasteiger partial charge in [0.1, 0.15) is 10.6 Å². The van der Waals surface area contributed by atoms with Gasteiger partial charge in [0.25, 0.3) is 0 Å². The van der Waals surface area contributed by atoms with E-state index in [4.69, 9.17) is 4.52 Å². The van der Waals surface area contributed by atoms with Crippen molar-refractivity contribution >= 4 is 22.0 Å². The first-order valence-electron chi connectivity index (χ1n) is 6.35. The first kappa shape index (κ1) is 14.0. The summed E-state index contributed by atoms with van der Waals surface area (Å²) in [6.07, 6.45) is 0. The van der Waals surface area contributed by atoms with Gasteiger partial charge in [-0.3, -0.25) is 9.69 Å². The number of hydrogen-bond donors (Lipinski definition) is 1. The Morgan fingerprint density at radius 1 is 1.29 bits per heavy atom. The Bertz CT molecular complexity index is 683. The second-order valence-electron chi connectivity index (χ2n) is 5.05. The maximum atomic E-state index is 12.5. The lowest BCUT2D eigenvalue weighted by Gasteiger charge is -2.41. The van der Waals surface area contributed by atoms with Crippen LogP contribution in [0, 0.1) is 13.8 Å². The standard InChI is InChI=1S/C11H14N4O5S/c1-6-10(7(2)20-13-6)21(18,19)14-4-8(5-14)15-9(16)3-12-11(15)17/h8H,3-5H2,1-2H3,(H,12,17). The van der Waals surface area contributed by atoms with Crippen molar-refractivity contribution < 1.29 is 22.5 Å². The lowest BCUT2D eigenvalue weighted by Crippen LogP contribution is -2.62. The number of aromatic nitrogens is 1. The maximum Gasteiger partial charge on any atom is 0.324 e. The fourth-order valence-corrected chi connectivity index (χ4v) is 4.36. The zero-order valence-corrected chi connectivity index (χ0v) is 12.3. The summed E-state index contributed by atoms with van der Waals surface area (Å²) in [5.74, 6) is -0.106. The van der Waals surface area contributed by atoms with E-state index in [2.05, 4.69) is 10.5 Å². The van der Waals surface area contributed by atoms with Gasteiger partial charge in [-0.1, -0.05) is 5.16 Å². The second-order valence-corrected chi connectivity index (χ2v) is 6.93. The first-order chi connectivity index (χ1) is 9.82. The zero-order valence-electron chi connectivity index (χ0n) is 11.5. The Balaban J connectivity index is 1.77. The van der Waals surface area contributed by atoms with Gasteiger partial charge in [-0.2, -0.15) is 4.31 Å². The molecule has 0 aromatic carbocycles. The van der Waals surface area contributed by atoms with Gasteiger partial charge in [-0.15, -0.1) is 0 Å². The van der Waals surface area contributed by atoms with Gasteiger partial charge in [0.15, 0.2) is 5.76 Å². The summed E-state index contributed by atoms with van der Waals surface area (Å²) in [5, 5.41) is 6.05. The molecule has 0 aliphatic carbocycles. The molecule has 1 aromatic heterocycles. The van der Waals surface area contributed by atoms with E-state index >= 15 is 0 Å². The van der Waals surface area contributed by atoms with Crippen molar-refractivity contribution in [3.8, 4) is 0 Å². The van der Waals surface area contributed by atoms with Crippen LogP contribution in [0.25, 0.3) is 0 Å². The van der Waals surface area contributed by atoms with Gasteiger partial charge in [-0.05, 0) is 13.8 Å². The number of sulfonamides is 1. The molecule has 3 rings (SSSR count). The number of carbonyl (C=O) groups excluding carboxylic acids is 2. The van der Waals surface area contributed by atoms with Gasteiger partial charge in [0.2, 0.25) is 15.9 Å². The predicted molar refractivity (Wildman–Crippen MR) is 68.8 cm³/mol. The molecule has 0 radical (unpaired) electrons. The Labute approximate surface area is 120 Å². The second kappa shape index (κ2) is 4.53. The summed E-state index contributed by atoms with van der Waals surface area (Å²) in [6, 6.07) is -0.894. The van der Waals surface area contributed by atoms with E-state index in [1.165, 1.54) is 11.2 Å². The number of nitrogens with zero attached hydrogens (tertiary/aromatic N) is 3. The molecule has 0 spiro atoms. The van der Waals surface area contributed by atoms with Crippen molar-refractivity contribution in [1.29, 1.82) is 0 Å². The predicted octanol–water partition coefficient (Wildman–Crippen LogP) is -0.784. The molecule has 9 nitrogen and oxygen atoms in total. The molecule has 2 fully saturated rings. The van der Waals surface area contributed by atoms with Gasteiger partial charge in [0.05, 0.1) is 12.6 Å². The molecule has 0 atom stereocenters. The van der Waals surface area contributed by atoms with Gasteiger partial charge < -0.3 is 9.84 Å². The van der Waals surface area contributed by atoms with Crippen molar-refractivity contribution in [1.82, 2.24) is 19.7 Å². The average Bonchev–Trinajstić information content (AvgIpc) is 2.83. The van der Waals surface area contributed by atoms with Crippen molar-refractivity contribution in [3.05, 3.63) is 11.5 Å². The summed E-state index contributed by atoms with van der Waals surface area (Å²) in [4.78, 5) is 24.2. The minimum Gasteiger partial charge on any atom is -0.360 e. The van der Waals surface area contributed by atoms with Crippen LogP contribution in [0.1, 0.15) is 11.5 Å². The minimum absolute atomic E-state index is 0.0358. The van der Waals surface area contributed by atoms with E-state index in [1.807, 2.05) is 0 Å². The van der Waals surface area contributed by atoms with E-state index < -0.39 is 22.1 Å². The largest absolute Gasteiger partial charge is 0.360 e. The molecule has 114 valence electrons. The topological polar surface area (TPSA) is 113 Å². The number of carbonyl (C=O) groups is 2. The molecule has 0 bridgehead atoms. The molecule has 21 heavy (non-hydrogen) atoms. The number of aryl methyl sites for hydroxylation is 2. The van der Waals surface area contributed by atoms with E-state index in [1.54, 1.807) is 6.92 Å². The maximum absolute atomic E-state index is 12.5. The third kappa shape index (κ3) is 2.02. The summed E-state index contributed by atoms with van der Waals surface area (Å²) in [7, 11) is -3.71. The Hall–Kier alpha value is -1.94. The van der Waals surface area contributed by atoms with Crippen LogP contribution >= 0.6 is 0 Å². The fourth-order valence-electron chi connectivity index (χ4n) is 2.55. The van der Waals surface area contributed by atoms with Crippen molar-refractivity contribution in [2.75, 3.05) is 19.6 Å². The van der Waals surface area contributed by atoms with Crippen LogP contribution in [0.5, 0.6) is 0 Å². The highest BCUT2D eigenvalue weighted by Gasteiger charge is 2.46. The highest BCUT2D eigenvalue weighted by molar-refractivity contribution is 7.89. The first-order valence-corrected chi connectivity index (χ1v) is 7.79. The molecule has 2 aliphatic heterocycles. The van der Waals surface area contributed by atoms with Crippen molar-refractivity contribution in [3.63, 3.8) is 0 Å². The number of rotatable bonds is 3. The summed E-state index contributed by atoms with van der Waals surface area (Å²) in [5.41, 5.74) is 0.297. The lowest BCUT2D eigenvalue weighted by molar-refractivity contribution is -0.128. The minimum atomic E-state index is -3.71. The molecule has 2 aliphatic rings. The van der Waals surface area contributed by atoms with Crippen LogP contribution in [0.3, 0.4) is 0 Å². The zero-order chi connectivity index (χ0) is 15.4. The Morgan fingerprint density at radius 2 is 1.95 bits per heavy atom. The third-order valence-electron chi connectivity index (χ3n) is 3.64. The molecule has 1 N–H and O–H groups in total. The molecule has 0 saturated carbocycles. The highest BCUT2D eigenvalue weighted by Crippen LogP contribution is 2.28.